The Bertz CT molecular complexity index is 356. The molecule has 1 rings (SSSR count). The standard InChI is InChI=1S/C7H9BrN4O2/c1-11(2)10-7-6(12(13)14)3-5(8)4-9-7/h3-4H,1-2H3,(H,9,10). The first-order valence-corrected chi connectivity index (χ1v) is 4.54. The molecule has 0 aromatic carbocycles. The normalized spacial score (nSPS) is 10.3. The first kappa shape index (κ1) is 10.9. The number of anilines is 1. The van der Waals surface area contributed by atoms with Crippen molar-refractivity contribution in [3.05, 3.63) is 26.9 Å². The summed E-state index contributed by atoms with van der Waals surface area (Å²) in [4.78, 5) is 14.1. The van der Waals surface area contributed by atoms with Gasteiger partial charge in [0, 0.05) is 30.8 Å². The van der Waals surface area contributed by atoms with Crippen LogP contribution in [0.3, 0.4) is 0 Å². The van der Waals surface area contributed by atoms with Crippen LogP contribution in [0, 0.1) is 10.1 Å². The molecular weight excluding hydrogens is 252 g/mol. The van der Waals surface area contributed by atoms with E-state index in [0.717, 1.165) is 0 Å². The van der Waals surface area contributed by atoms with Crippen molar-refractivity contribution in [2.75, 3.05) is 19.5 Å². The molecule has 0 aliphatic carbocycles. The first-order valence-electron chi connectivity index (χ1n) is 3.74. The summed E-state index contributed by atoms with van der Waals surface area (Å²) < 4.78 is 0.577. The Morgan fingerprint density at radius 2 is 2.29 bits per heavy atom. The highest BCUT2D eigenvalue weighted by atomic mass is 79.9. The van der Waals surface area contributed by atoms with Crippen molar-refractivity contribution in [3.8, 4) is 0 Å². The number of pyridine rings is 1. The molecule has 0 saturated heterocycles. The van der Waals surface area contributed by atoms with Crippen LogP contribution >= 0.6 is 15.9 Å². The SMILES string of the molecule is CN(C)Nc1ncc(Br)cc1[N+](=O)[O-]. The van der Waals surface area contributed by atoms with Gasteiger partial charge in [-0.25, -0.2) is 9.99 Å². The second-order valence-corrected chi connectivity index (χ2v) is 3.70. The van der Waals surface area contributed by atoms with Crippen LogP contribution in [0.2, 0.25) is 0 Å². The molecule has 0 amide bonds. The Morgan fingerprint density at radius 1 is 1.64 bits per heavy atom. The summed E-state index contributed by atoms with van der Waals surface area (Å²) in [6.07, 6.45) is 1.50. The maximum absolute atomic E-state index is 10.6. The number of nitrogens with zero attached hydrogens (tertiary/aromatic N) is 3. The van der Waals surface area contributed by atoms with E-state index in [9.17, 15) is 10.1 Å². The van der Waals surface area contributed by atoms with Gasteiger partial charge in [0.1, 0.15) is 0 Å². The first-order chi connectivity index (χ1) is 6.50. The van der Waals surface area contributed by atoms with E-state index in [1.165, 1.54) is 12.3 Å². The molecular formula is C7H9BrN4O2. The summed E-state index contributed by atoms with van der Waals surface area (Å²) in [6.45, 7) is 0. The van der Waals surface area contributed by atoms with Gasteiger partial charge in [-0.15, -0.1) is 0 Å². The number of hydrazine groups is 1. The average molecular weight is 261 g/mol. The number of nitro groups is 1. The van der Waals surface area contributed by atoms with E-state index >= 15 is 0 Å². The van der Waals surface area contributed by atoms with Crippen molar-refractivity contribution in [3.63, 3.8) is 0 Å². The minimum absolute atomic E-state index is 0.0620. The minimum Gasteiger partial charge on any atom is -0.298 e. The molecule has 14 heavy (non-hydrogen) atoms. The predicted molar refractivity (Wildman–Crippen MR) is 55.9 cm³/mol. The van der Waals surface area contributed by atoms with Crippen LogP contribution in [0.5, 0.6) is 0 Å². The molecule has 0 spiro atoms. The minimum atomic E-state index is -0.483. The van der Waals surface area contributed by atoms with Crippen LogP contribution < -0.4 is 5.43 Å². The van der Waals surface area contributed by atoms with Gasteiger partial charge >= 0.3 is 5.69 Å². The molecule has 0 atom stereocenters. The van der Waals surface area contributed by atoms with E-state index in [1.807, 2.05) is 0 Å². The number of halogens is 1. The maximum Gasteiger partial charge on any atom is 0.313 e. The van der Waals surface area contributed by atoms with Crippen LogP contribution in [-0.2, 0) is 0 Å². The molecule has 7 heteroatoms. The third kappa shape index (κ3) is 2.64. The van der Waals surface area contributed by atoms with Crippen molar-refractivity contribution in [1.29, 1.82) is 0 Å². The van der Waals surface area contributed by atoms with Gasteiger partial charge in [0.25, 0.3) is 0 Å². The molecule has 0 saturated carbocycles. The van der Waals surface area contributed by atoms with Crippen LogP contribution in [0.4, 0.5) is 11.5 Å². The lowest BCUT2D eigenvalue weighted by atomic mass is 10.4. The Morgan fingerprint density at radius 3 is 2.79 bits per heavy atom. The van der Waals surface area contributed by atoms with Crippen molar-refractivity contribution in [2.45, 2.75) is 0 Å². The molecule has 0 bridgehead atoms. The molecule has 0 radical (unpaired) electrons. The van der Waals surface area contributed by atoms with Crippen LogP contribution in [0.1, 0.15) is 0 Å². The van der Waals surface area contributed by atoms with Crippen molar-refractivity contribution >= 4 is 27.4 Å². The largest absolute Gasteiger partial charge is 0.313 e. The van der Waals surface area contributed by atoms with E-state index < -0.39 is 4.92 Å². The zero-order valence-corrected chi connectivity index (χ0v) is 9.28. The maximum atomic E-state index is 10.6. The fourth-order valence-electron chi connectivity index (χ4n) is 0.866. The highest BCUT2D eigenvalue weighted by Gasteiger charge is 2.15. The lowest BCUT2D eigenvalue weighted by molar-refractivity contribution is -0.384. The average Bonchev–Trinajstić information content (AvgIpc) is 2.07. The lowest BCUT2D eigenvalue weighted by Crippen LogP contribution is -2.21. The second kappa shape index (κ2) is 4.34. The summed E-state index contributed by atoms with van der Waals surface area (Å²) in [5.74, 6) is 0.225. The predicted octanol–water partition coefficient (Wildman–Crippen LogP) is 1.64. The quantitative estimate of drug-likeness (QED) is 0.661. The molecule has 1 N–H and O–H groups in total. The van der Waals surface area contributed by atoms with Gasteiger partial charge in [-0.1, -0.05) is 0 Å². The highest BCUT2D eigenvalue weighted by Crippen LogP contribution is 2.25. The van der Waals surface area contributed by atoms with Gasteiger partial charge in [0.2, 0.25) is 5.82 Å². The van der Waals surface area contributed by atoms with Gasteiger partial charge in [0.05, 0.1) is 4.92 Å². The molecule has 6 nitrogen and oxygen atoms in total. The molecule has 0 fully saturated rings. The zero-order chi connectivity index (χ0) is 10.7. The zero-order valence-electron chi connectivity index (χ0n) is 7.69. The number of nitrogens with one attached hydrogen (secondary N) is 1. The molecule has 0 aliphatic heterocycles. The van der Waals surface area contributed by atoms with E-state index in [4.69, 9.17) is 0 Å². The van der Waals surface area contributed by atoms with Gasteiger partial charge in [-0.3, -0.25) is 15.5 Å². The Labute approximate surface area is 89.2 Å². The second-order valence-electron chi connectivity index (χ2n) is 2.78. The molecule has 1 aromatic heterocycles. The lowest BCUT2D eigenvalue weighted by Gasteiger charge is -2.12. The smallest absolute Gasteiger partial charge is 0.298 e. The summed E-state index contributed by atoms with van der Waals surface area (Å²) in [5.41, 5.74) is 2.68. The van der Waals surface area contributed by atoms with Crippen LogP contribution in [0.15, 0.2) is 16.7 Å². The summed E-state index contributed by atoms with van der Waals surface area (Å²) in [6, 6.07) is 1.40. The molecule has 1 aromatic rings. The van der Waals surface area contributed by atoms with Gasteiger partial charge < -0.3 is 0 Å². The summed E-state index contributed by atoms with van der Waals surface area (Å²) in [7, 11) is 3.46. The number of hydrogen-bond donors (Lipinski definition) is 1. The van der Waals surface area contributed by atoms with Crippen LogP contribution in [-0.4, -0.2) is 29.0 Å². The third-order valence-corrected chi connectivity index (χ3v) is 1.79. The number of aromatic nitrogens is 1. The third-order valence-electron chi connectivity index (χ3n) is 1.36. The van der Waals surface area contributed by atoms with Gasteiger partial charge in [-0.2, -0.15) is 0 Å². The van der Waals surface area contributed by atoms with Crippen molar-refractivity contribution in [2.24, 2.45) is 0 Å². The van der Waals surface area contributed by atoms with Crippen LogP contribution in [0.25, 0.3) is 0 Å². The fraction of sp³-hybridized carbons (Fsp3) is 0.286. The van der Waals surface area contributed by atoms with E-state index in [1.54, 1.807) is 19.1 Å². The monoisotopic (exact) mass is 260 g/mol. The Hall–Kier alpha value is -1.21. The van der Waals surface area contributed by atoms with E-state index in [-0.39, 0.29) is 11.5 Å². The summed E-state index contributed by atoms with van der Waals surface area (Å²) in [5, 5.41) is 12.2. The number of hydrogen-bond acceptors (Lipinski definition) is 5. The van der Waals surface area contributed by atoms with E-state index in [2.05, 4.69) is 26.3 Å². The molecule has 0 unspecified atom stereocenters. The highest BCUT2D eigenvalue weighted by molar-refractivity contribution is 9.10. The van der Waals surface area contributed by atoms with Gasteiger partial charge in [-0.05, 0) is 15.9 Å². The number of rotatable bonds is 3. The Kier molecular flexibility index (Phi) is 3.37. The summed E-state index contributed by atoms with van der Waals surface area (Å²) >= 11 is 3.12. The molecule has 76 valence electrons. The van der Waals surface area contributed by atoms with Crippen molar-refractivity contribution in [1.82, 2.24) is 9.99 Å². The molecule has 0 aliphatic rings. The molecule has 1 heterocycles. The van der Waals surface area contributed by atoms with Crippen molar-refractivity contribution < 1.29 is 4.92 Å². The van der Waals surface area contributed by atoms with Gasteiger partial charge in [0.15, 0.2) is 0 Å². The Balaban J connectivity index is 3.08. The fourth-order valence-corrected chi connectivity index (χ4v) is 1.18. The van der Waals surface area contributed by atoms with E-state index in [0.29, 0.717) is 4.47 Å². The topological polar surface area (TPSA) is 71.3 Å².